The molecule has 0 aliphatic carbocycles. The van der Waals surface area contributed by atoms with Crippen LogP contribution in [0.3, 0.4) is 0 Å². The molecule has 1 unspecified atom stereocenters. The monoisotopic (exact) mass is 458 g/mol. The summed E-state index contributed by atoms with van der Waals surface area (Å²) in [6.07, 6.45) is 20.3. The van der Waals surface area contributed by atoms with Gasteiger partial charge in [0.2, 0.25) is 0 Å². The lowest BCUT2D eigenvalue weighted by Crippen LogP contribution is -2.44. The lowest BCUT2D eigenvalue weighted by molar-refractivity contribution is -0.381. The van der Waals surface area contributed by atoms with Gasteiger partial charge in [0, 0.05) is 40.5 Å². The van der Waals surface area contributed by atoms with Crippen molar-refractivity contribution in [1.82, 2.24) is 0 Å². The van der Waals surface area contributed by atoms with Crippen LogP contribution in [-0.4, -0.2) is 40.5 Å². The molecule has 0 aromatic heterocycles. The van der Waals surface area contributed by atoms with E-state index in [1.165, 1.54) is 83.5 Å². The highest BCUT2D eigenvalue weighted by molar-refractivity contribution is 4.71. The summed E-state index contributed by atoms with van der Waals surface area (Å²) in [5.41, 5.74) is 0.487. The zero-order chi connectivity index (χ0) is 24.1. The van der Waals surface area contributed by atoms with E-state index in [0.29, 0.717) is 5.41 Å². The van der Waals surface area contributed by atoms with E-state index in [-0.39, 0.29) is 5.92 Å². The van der Waals surface area contributed by atoms with Crippen LogP contribution < -0.4 is 0 Å². The summed E-state index contributed by atoms with van der Waals surface area (Å²) < 4.78 is 23.0. The third-order valence-electron chi connectivity index (χ3n) is 6.59. The SMILES string of the molecule is CCCCCCCCC(CCOCCCCCCCCCC(C)(C)C)C(OC)(OC)OC. The van der Waals surface area contributed by atoms with Gasteiger partial charge in [-0.25, -0.2) is 0 Å². The van der Waals surface area contributed by atoms with Gasteiger partial charge in [0.15, 0.2) is 0 Å². The molecule has 0 fully saturated rings. The van der Waals surface area contributed by atoms with Crippen molar-refractivity contribution < 1.29 is 18.9 Å². The molecule has 0 amide bonds. The lowest BCUT2D eigenvalue weighted by atomic mass is 9.89. The molecule has 0 radical (unpaired) electrons. The molecular formula is C28H58O4. The van der Waals surface area contributed by atoms with Gasteiger partial charge in [0.1, 0.15) is 0 Å². The summed E-state index contributed by atoms with van der Waals surface area (Å²) in [7, 11) is 5.02. The van der Waals surface area contributed by atoms with Crippen molar-refractivity contribution in [2.45, 2.75) is 136 Å². The Kier molecular flexibility index (Phi) is 20.1. The number of hydrogen-bond acceptors (Lipinski definition) is 4. The van der Waals surface area contributed by atoms with Crippen LogP contribution in [0.25, 0.3) is 0 Å². The maximum absolute atomic E-state index is 5.97. The third kappa shape index (κ3) is 16.5. The van der Waals surface area contributed by atoms with Crippen LogP contribution in [0.5, 0.6) is 0 Å². The van der Waals surface area contributed by atoms with Gasteiger partial charge in [0.25, 0.3) is 5.97 Å². The quantitative estimate of drug-likeness (QED) is 0.114. The Labute approximate surface area is 201 Å². The largest absolute Gasteiger partial charge is 0.381 e. The Morgan fingerprint density at radius 3 is 1.59 bits per heavy atom. The fourth-order valence-corrected chi connectivity index (χ4v) is 4.49. The van der Waals surface area contributed by atoms with Crippen LogP contribution in [-0.2, 0) is 18.9 Å². The molecule has 1 atom stereocenters. The van der Waals surface area contributed by atoms with Crippen LogP contribution in [0.15, 0.2) is 0 Å². The normalized spacial score (nSPS) is 13.6. The van der Waals surface area contributed by atoms with Crippen molar-refractivity contribution in [2.75, 3.05) is 34.5 Å². The second-order valence-electron chi connectivity index (χ2n) is 10.7. The molecule has 4 heteroatoms. The number of hydrogen-bond donors (Lipinski definition) is 0. The van der Waals surface area contributed by atoms with E-state index in [0.717, 1.165) is 32.5 Å². The van der Waals surface area contributed by atoms with Gasteiger partial charge in [-0.05, 0) is 31.1 Å². The fraction of sp³-hybridized carbons (Fsp3) is 1.00. The van der Waals surface area contributed by atoms with Crippen LogP contribution >= 0.6 is 0 Å². The van der Waals surface area contributed by atoms with E-state index in [2.05, 4.69) is 27.7 Å². The average molecular weight is 459 g/mol. The first-order chi connectivity index (χ1) is 15.3. The van der Waals surface area contributed by atoms with Crippen molar-refractivity contribution in [3.63, 3.8) is 0 Å². The van der Waals surface area contributed by atoms with Crippen molar-refractivity contribution in [3.8, 4) is 0 Å². The maximum atomic E-state index is 5.97. The Morgan fingerprint density at radius 2 is 1.06 bits per heavy atom. The van der Waals surface area contributed by atoms with E-state index in [1.807, 2.05) is 0 Å². The van der Waals surface area contributed by atoms with Gasteiger partial charge in [-0.2, -0.15) is 0 Å². The van der Waals surface area contributed by atoms with Crippen molar-refractivity contribution in [3.05, 3.63) is 0 Å². The summed E-state index contributed by atoms with van der Waals surface area (Å²) in [5, 5.41) is 0. The molecule has 0 aliphatic heterocycles. The average Bonchev–Trinajstić information content (AvgIpc) is 2.76. The zero-order valence-electron chi connectivity index (χ0n) is 22.9. The van der Waals surface area contributed by atoms with Crippen LogP contribution in [0.1, 0.15) is 130 Å². The Hall–Kier alpha value is -0.160. The number of unbranched alkanes of at least 4 members (excludes halogenated alkanes) is 11. The molecule has 0 aliphatic rings. The zero-order valence-corrected chi connectivity index (χ0v) is 22.9. The summed E-state index contributed by atoms with van der Waals surface area (Å²) in [4.78, 5) is 0. The van der Waals surface area contributed by atoms with E-state index >= 15 is 0 Å². The smallest absolute Gasteiger partial charge is 0.285 e. The fourth-order valence-electron chi connectivity index (χ4n) is 4.49. The van der Waals surface area contributed by atoms with E-state index in [1.54, 1.807) is 21.3 Å². The first kappa shape index (κ1) is 31.8. The first-order valence-corrected chi connectivity index (χ1v) is 13.6. The van der Waals surface area contributed by atoms with Gasteiger partial charge in [-0.1, -0.05) is 105 Å². The Bertz CT molecular complexity index is 379. The minimum absolute atomic E-state index is 0.182. The molecule has 0 N–H and O–H groups in total. The Balaban J connectivity index is 3.98. The van der Waals surface area contributed by atoms with Gasteiger partial charge < -0.3 is 18.9 Å². The maximum Gasteiger partial charge on any atom is 0.285 e. The van der Waals surface area contributed by atoms with E-state index in [4.69, 9.17) is 18.9 Å². The van der Waals surface area contributed by atoms with Crippen LogP contribution in [0.2, 0.25) is 0 Å². The predicted octanol–water partition coefficient (Wildman–Crippen LogP) is 8.52. The predicted molar refractivity (Wildman–Crippen MR) is 137 cm³/mol. The lowest BCUT2D eigenvalue weighted by Gasteiger charge is -2.36. The molecule has 32 heavy (non-hydrogen) atoms. The molecular weight excluding hydrogens is 400 g/mol. The Morgan fingerprint density at radius 1 is 0.562 bits per heavy atom. The molecule has 194 valence electrons. The van der Waals surface area contributed by atoms with Crippen LogP contribution in [0.4, 0.5) is 0 Å². The van der Waals surface area contributed by atoms with Crippen LogP contribution in [0, 0.1) is 11.3 Å². The highest BCUT2D eigenvalue weighted by atomic mass is 16.9. The molecule has 0 rings (SSSR count). The molecule has 0 spiro atoms. The standard InChI is InChI=1S/C28H58O4/c1-8-9-10-11-15-18-21-26(28(29-5,30-6)31-7)22-25-32-24-20-17-14-12-13-16-19-23-27(2,3)4/h26H,8-25H2,1-7H3. The molecule has 0 saturated heterocycles. The van der Waals surface area contributed by atoms with Crippen molar-refractivity contribution in [1.29, 1.82) is 0 Å². The van der Waals surface area contributed by atoms with Gasteiger partial charge in [-0.15, -0.1) is 0 Å². The summed E-state index contributed by atoms with van der Waals surface area (Å²) >= 11 is 0. The van der Waals surface area contributed by atoms with Gasteiger partial charge in [-0.3, -0.25) is 0 Å². The minimum Gasteiger partial charge on any atom is -0.381 e. The molecule has 4 nitrogen and oxygen atoms in total. The van der Waals surface area contributed by atoms with Gasteiger partial charge in [0.05, 0.1) is 0 Å². The number of rotatable bonds is 23. The molecule has 0 heterocycles. The number of methoxy groups -OCH3 is 3. The molecule has 0 aromatic carbocycles. The summed E-state index contributed by atoms with van der Waals surface area (Å²) in [5.74, 6) is -0.776. The first-order valence-electron chi connectivity index (χ1n) is 13.6. The summed E-state index contributed by atoms with van der Waals surface area (Å²) in [6.45, 7) is 10.9. The molecule has 0 saturated carbocycles. The van der Waals surface area contributed by atoms with E-state index < -0.39 is 5.97 Å². The second-order valence-corrected chi connectivity index (χ2v) is 10.7. The topological polar surface area (TPSA) is 36.9 Å². The molecule has 0 bridgehead atoms. The number of ether oxygens (including phenoxy) is 4. The van der Waals surface area contributed by atoms with Crippen molar-refractivity contribution >= 4 is 0 Å². The minimum atomic E-state index is -0.959. The van der Waals surface area contributed by atoms with E-state index in [9.17, 15) is 0 Å². The van der Waals surface area contributed by atoms with Crippen molar-refractivity contribution in [2.24, 2.45) is 11.3 Å². The van der Waals surface area contributed by atoms with Gasteiger partial charge >= 0.3 is 0 Å². The second kappa shape index (κ2) is 20.2. The third-order valence-corrected chi connectivity index (χ3v) is 6.59. The highest BCUT2D eigenvalue weighted by Crippen LogP contribution is 2.31. The highest BCUT2D eigenvalue weighted by Gasteiger charge is 2.39. The molecule has 0 aromatic rings. The summed E-state index contributed by atoms with van der Waals surface area (Å²) in [6, 6.07) is 0.